The Hall–Kier alpha value is -1.18. The van der Waals surface area contributed by atoms with Crippen molar-refractivity contribution in [3.05, 3.63) is 0 Å². The molecule has 2 amide bonds. The smallest absolute Gasteiger partial charge is 0.231 e. The molecule has 0 spiro atoms. The van der Waals surface area contributed by atoms with Gasteiger partial charge in [-0.15, -0.1) is 0 Å². The van der Waals surface area contributed by atoms with Crippen LogP contribution in [0.3, 0.4) is 0 Å². The number of nitrogens with zero attached hydrogens (tertiary/aromatic N) is 1. The minimum absolute atomic E-state index is 0.0363. The number of nitrogens with two attached hydrogens (primary N) is 2. The number of carbonyl (C=O) groups is 2. The van der Waals surface area contributed by atoms with Crippen molar-refractivity contribution < 1.29 is 19.4 Å². The number of hydrogen-bond acceptors (Lipinski definition) is 5. The number of aliphatic hydroxyl groups is 1. The lowest BCUT2D eigenvalue weighted by molar-refractivity contribution is -0.122. The molecule has 0 fully saturated rings. The van der Waals surface area contributed by atoms with Gasteiger partial charge < -0.3 is 21.3 Å². The summed E-state index contributed by atoms with van der Waals surface area (Å²) in [5, 5.41) is 8.44. The molecule has 88 valence electrons. The summed E-state index contributed by atoms with van der Waals surface area (Å²) in [4.78, 5) is 22.7. The molecular weight excluding hydrogens is 202 g/mol. The van der Waals surface area contributed by atoms with Crippen LogP contribution in [-0.4, -0.2) is 61.3 Å². The van der Waals surface area contributed by atoms with Gasteiger partial charge in [-0.1, -0.05) is 0 Å². The number of rotatable bonds is 9. The van der Waals surface area contributed by atoms with E-state index in [1.165, 1.54) is 4.90 Å². The lowest BCUT2D eigenvalue weighted by Gasteiger charge is -2.18. The number of ether oxygens (including phenoxy) is 1. The molecule has 0 aromatic rings. The zero-order chi connectivity index (χ0) is 11.7. The first-order valence-electron chi connectivity index (χ1n) is 4.53. The van der Waals surface area contributed by atoms with E-state index in [0.717, 1.165) is 0 Å². The Bertz CT molecular complexity index is 194. The van der Waals surface area contributed by atoms with Gasteiger partial charge in [0.15, 0.2) is 0 Å². The van der Waals surface area contributed by atoms with Crippen LogP contribution in [0.4, 0.5) is 0 Å². The molecule has 0 radical (unpaired) electrons. The Balaban J connectivity index is 3.79. The molecule has 0 aliphatic heterocycles. The molecule has 0 aromatic heterocycles. The van der Waals surface area contributed by atoms with E-state index in [-0.39, 0.29) is 26.3 Å². The number of carbonyl (C=O) groups excluding carboxylic acids is 2. The van der Waals surface area contributed by atoms with Crippen LogP contribution in [0.25, 0.3) is 0 Å². The highest BCUT2D eigenvalue weighted by atomic mass is 16.5. The van der Waals surface area contributed by atoms with E-state index in [2.05, 4.69) is 0 Å². The highest BCUT2D eigenvalue weighted by molar-refractivity contribution is 5.79. The number of primary amides is 2. The van der Waals surface area contributed by atoms with Crippen LogP contribution in [0.15, 0.2) is 0 Å². The second kappa shape index (κ2) is 8.16. The number of amides is 2. The summed E-state index contributed by atoms with van der Waals surface area (Å²) in [5.74, 6) is -1.06. The van der Waals surface area contributed by atoms with Crippen molar-refractivity contribution in [1.82, 2.24) is 4.90 Å². The molecular formula is C8H17N3O4. The second-order valence-corrected chi connectivity index (χ2v) is 2.98. The fraction of sp³-hybridized carbons (Fsp3) is 0.750. The van der Waals surface area contributed by atoms with E-state index in [1.54, 1.807) is 0 Å². The number of hydrogen-bond donors (Lipinski definition) is 3. The van der Waals surface area contributed by atoms with E-state index >= 15 is 0 Å². The third kappa shape index (κ3) is 9.13. The molecule has 0 saturated carbocycles. The second-order valence-electron chi connectivity index (χ2n) is 2.98. The predicted molar refractivity (Wildman–Crippen MR) is 52.7 cm³/mol. The van der Waals surface area contributed by atoms with Crippen molar-refractivity contribution in [3.8, 4) is 0 Å². The Morgan fingerprint density at radius 3 is 2.07 bits per heavy atom. The number of aliphatic hydroxyl groups excluding tert-OH is 1. The molecule has 7 nitrogen and oxygen atoms in total. The minimum Gasteiger partial charge on any atom is -0.394 e. The van der Waals surface area contributed by atoms with Crippen molar-refractivity contribution >= 4 is 11.8 Å². The first kappa shape index (κ1) is 13.8. The summed E-state index contributed by atoms with van der Waals surface area (Å²) in [6, 6.07) is 0. The van der Waals surface area contributed by atoms with Gasteiger partial charge in [-0.05, 0) is 0 Å². The zero-order valence-electron chi connectivity index (χ0n) is 8.52. The SMILES string of the molecule is NC(=O)CN(CCOCCO)CC(N)=O. The van der Waals surface area contributed by atoms with E-state index in [9.17, 15) is 9.59 Å². The highest BCUT2D eigenvalue weighted by Gasteiger charge is 2.10. The third-order valence-corrected chi connectivity index (χ3v) is 1.55. The van der Waals surface area contributed by atoms with Gasteiger partial charge in [-0.2, -0.15) is 0 Å². The van der Waals surface area contributed by atoms with Gasteiger partial charge in [0.05, 0.1) is 32.9 Å². The zero-order valence-corrected chi connectivity index (χ0v) is 8.52. The Morgan fingerprint density at radius 1 is 1.13 bits per heavy atom. The van der Waals surface area contributed by atoms with Crippen molar-refractivity contribution in [2.24, 2.45) is 11.5 Å². The van der Waals surface area contributed by atoms with E-state index in [1.807, 2.05) is 0 Å². The van der Waals surface area contributed by atoms with Crippen molar-refractivity contribution in [3.63, 3.8) is 0 Å². The first-order chi connectivity index (χ1) is 7.06. The third-order valence-electron chi connectivity index (χ3n) is 1.55. The normalized spacial score (nSPS) is 10.5. The quantitative estimate of drug-likeness (QED) is 0.364. The van der Waals surface area contributed by atoms with Crippen LogP contribution in [0.5, 0.6) is 0 Å². The summed E-state index contributed by atoms with van der Waals surface area (Å²) in [6.07, 6.45) is 0. The van der Waals surface area contributed by atoms with E-state index < -0.39 is 11.8 Å². The summed E-state index contributed by atoms with van der Waals surface area (Å²) >= 11 is 0. The van der Waals surface area contributed by atoms with Crippen LogP contribution in [0.1, 0.15) is 0 Å². The fourth-order valence-electron chi connectivity index (χ4n) is 1.02. The molecule has 0 saturated heterocycles. The van der Waals surface area contributed by atoms with E-state index in [4.69, 9.17) is 21.3 Å². The molecule has 0 aromatic carbocycles. The molecule has 0 atom stereocenters. The van der Waals surface area contributed by atoms with Crippen LogP contribution < -0.4 is 11.5 Å². The van der Waals surface area contributed by atoms with Gasteiger partial charge in [-0.3, -0.25) is 14.5 Å². The Morgan fingerprint density at radius 2 is 1.67 bits per heavy atom. The summed E-state index contributed by atoms with van der Waals surface area (Å²) < 4.78 is 4.98. The van der Waals surface area contributed by atoms with Crippen molar-refractivity contribution in [2.75, 3.05) is 39.5 Å². The largest absolute Gasteiger partial charge is 0.394 e. The molecule has 0 bridgehead atoms. The summed E-state index contributed by atoms with van der Waals surface area (Å²) in [7, 11) is 0. The summed E-state index contributed by atoms with van der Waals surface area (Å²) in [6.45, 7) is 0.760. The van der Waals surface area contributed by atoms with Crippen molar-refractivity contribution in [1.29, 1.82) is 0 Å². The molecule has 7 heteroatoms. The molecule has 0 aliphatic carbocycles. The van der Waals surface area contributed by atoms with Gasteiger partial charge in [0.1, 0.15) is 0 Å². The van der Waals surface area contributed by atoms with Gasteiger partial charge in [0.25, 0.3) is 0 Å². The highest BCUT2D eigenvalue weighted by Crippen LogP contribution is 1.87. The molecule has 15 heavy (non-hydrogen) atoms. The lowest BCUT2D eigenvalue weighted by Crippen LogP contribution is -2.41. The lowest BCUT2D eigenvalue weighted by atomic mass is 10.4. The van der Waals surface area contributed by atoms with Crippen molar-refractivity contribution in [2.45, 2.75) is 0 Å². The van der Waals surface area contributed by atoms with Gasteiger partial charge in [0, 0.05) is 6.54 Å². The molecule has 0 unspecified atom stereocenters. The standard InChI is InChI=1S/C8H17N3O4/c9-7(13)5-11(6-8(10)14)1-3-15-4-2-12/h12H,1-6H2,(H2,9,13)(H2,10,14). The fourth-order valence-corrected chi connectivity index (χ4v) is 1.02. The van der Waals surface area contributed by atoms with Crippen LogP contribution in [-0.2, 0) is 14.3 Å². The van der Waals surface area contributed by atoms with Crippen LogP contribution >= 0.6 is 0 Å². The van der Waals surface area contributed by atoms with Gasteiger partial charge in [-0.25, -0.2) is 0 Å². The predicted octanol–water partition coefficient (Wildman–Crippen LogP) is -2.73. The maximum atomic E-state index is 10.6. The minimum atomic E-state index is -0.529. The molecule has 0 heterocycles. The van der Waals surface area contributed by atoms with E-state index in [0.29, 0.717) is 13.2 Å². The Labute approximate surface area is 88.0 Å². The van der Waals surface area contributed by atoms with Crippen LogP contribution in [0.2, 0.25) is 0 Å². The maximum Gasteiger partial charge on any atom is 0.231 e. The molecule has 5 N–H and O–H groups in total. The first-order valence-corrected chi connectivity index (χ1v) is 4.53. The van der Waals surface area contributed by atoms with Gasteiger partial charge >= 0.3 is 0 Å². The van der Waals surface area contributed by atoms with Crippen LogP contribution in [0, 0.1) is 0 Å². The summed E-state index contributed by atoms with van der Waals surface area (Å²) in [5.41, 5.74) is 9.97. The maximum absolute atomic E-state index is 10.6. The molecule has 0 rings (SSSR count). The topological polar surface area (TPSA) is 119 Å². The van der Waals surface area contributed by atoms with Gasteiger partial charge in [0.2, 0.25) is 11.8 Å². The monoisotopic (exact) mass is 219 g/mol. The molecule has 0 aliphatic rings. The Kier molecular flexibility index (Phi) is 7.51. The average molecular weight is 219 g/mol. The average Bonchev–Trinajstić information content (AvgIpc) is 2.10.